The third-order valence-electron chi connectivity index (χ3n) is 6.89. The van der Waals surface area contributed by atoms with Crippen molar-refractivity contribution in [3.8, 4) is 0 Å². The van der Waals surface area contributed by atoms with Gasteiger partial charge in [-0.3, -0.25) is 0 Å². The van der Waals surface area contributed by atoms with Crippen molar-refractivity contribution < 1.29 is 33.2 Å². The van der Waals surface area contributed by atoms with Gasteiger partial charge in [-0.25, -0.2) is 4.79 Å². The maximum Gasteiger partial charge on any atom is 0.410 e. The first-order valence-corrected chi connectivity index (χ1v) is 15.1. The molecule has 0 radical (unpaired) electrons. The Morgan fingerprint density at radius 1 is 0.658 bits per heavy atom. The second kappa shape index (κ2) is 20.9. The molecule has 1 amide bonds. The third kappa shape index (κ3) is 16.9. The Bertz CT molecular complexity index is 576. The van der Waals surface area contributed by atoms with Gasteiger partial charge in [-0.1, -0.05) is 38.5 Å². The summed E-state index contributed by atoms with van der Waals surface area (Å²) in [5, 5.41) is 3.57. The van der Waals surface area contributed by atoms with Crippen LogP contribution in [0.15, 0.2) is 0 Å². The fraction of sp³-hybridized carbons (Fsp3) is 0.966. The minimum absolute atomic E-state index is 0.236. The predicted octanol–water partition coefficient (Wildman–Crippen LogP) is 4.56. The average molecular weight is 545 g/mol. The van der Waals surface area contributed by atoms with Crippen LogP contribution in [0.3, 0.4) is 0 Å². The molecule has 0 aromatic heterocycles. The topological polar surface area (TPSA) is 87.7 Å². The molecule has 9 nitrogen and oxygen atoms in total. The lowest BCUT2D eigenvalue weighted by atomic mass is 9.94. The van der Waals surface area contributed by atoms with Crippen molar-refractivity contribution in [3.05, 3.63) is 0 Å². The van der Waals surface area contributed by atoms with Crippen LogP contribution in [0.1, 0.15) is 85.0 Å². The third-order valence-corrected chi connectivity index (χ3v) is 6.89. The van der Waals surface area contributed by atoms with Gasteiger partial charge in [-0.15, -0.1) is 0 Å². The van der Waals surface area contributed by atoms with E-state index in [4.69, 9.17) is 28.4 Å². The van der Waals surface area contributed by atoms with E-state index in [1.165, 1.54) is 51.4 Å². The van der Waals surface area contributed by atoms with E-state index in [-0.39, 0.29) is 12.1 Å². The Kier molecular flexibility index (Phi) is 18.3. The van der Waals surface area contributed by atoms with Crippen LogP contribution in [0.25, 0.3) is 0 Å². The van der Waals surface area contributed by atoms with Crippen molar-refractivity contribution >= 4 is 6.09 Å². The molecular formula is C29H56N2O7. The minimum atomic E-state index is -0.493. The first kappa shape index (κ1) is 33.2. The fourth-order valence-corrected chi connectivity index (χ4v) is 4.92. The lowest BCUT2D eigenvalue weighted by Gasteiger charge is -2.35. The zero-order valence-electron chi connectivity index (χ0n) is 24.5. The molecule has 224 valence electrons. The summed E-state index contributed by atoms with van der Waals surface area (Å²) in [6, 6.07) is 0.936. The van der Waals surface area contributed by atoms with E-state index in [2.05, 4.69) is 5.32 Å². The predicted molar refractivity (Wildman–Crippen MR) is 149 cm³/mol. The molecule has 0 heterocycles. The maximum atomic E-state index is 12.7. The summed E-state index contributed by atoms with van der Waals surface area (Å²) in [5.41, 5.74) is -0.493. The number of ether oxygens (including phenoxy) is 6. The first-order valence-electron chi connectivity index (χ1n) is 15.1. The van der Waals surface area contributed by atoms with E-state index in [9.17, 15) is 4.79 Å². The molecule has 0 saturated heterocycles. The largest absolute Gasteiger partial charge is 0.444 e. The van der Waals surface area contributed by atoms with Crippen molar-refractivity contribution in [3.63, 3.8) is 0 Å². The SMILES string of the molecule is CC(C)(C)OC(=O)N(CCOCCOCCOCCOCCOCCNC1CCCCC1)C1CCCCC1. The van der Waals surface area contributed by atoms with Crippen LogP contribution in [0.5, 0.6) is 0 Å². The Labute approximate surface area is 231 Å². The molecule has 0 bridgehead atoms. The van der Waals surface area contributed by atoms with Crippen LogP contribution in [-0.2, 0) is 28.4 Å². The highest BCUT2D eigenvalue weighted by Crippen LogP contribution is 2.24. The zero-order chi connectivity index (χ0) is 27.3. The van der Waals surface area contributed by atoms with Crippen LogP contribution < -0.4 is 5.32 Å². The van der Waals surface area contributed by atoms with Crippen molar-refractivity contribution in [2.24, 2.45) is 0 Å². The summed E-state index contributed by atoms with van der Waals surface area (Å²) in [7, 11) is 0. The minimum Gasteiger partial charge on any atom is -0.444 e. The fourth-order valence-electron chi connectivity index (χ4n) is 4.92. The highest BCUT2D eigenvalue weighted by Gasteiger charge is 2.29. The molecule has 2 aliphatic rings. The van der Waals surface area contributed by atoms with Crippen LogP contribution in [-0.4, -0.2) is 108 Å². The molecule has 0 spiro atoms. The second-order valence-corrected chi connectivity index (χ2v) is 11.3. The molecule has 0 aromatic rings. The van der Waals surface area contributed by atoms with E-state index in [0.717, 1.165) is 26.0 Å². The maximum absolute atomic E-state index is 12.7. The van der Waals surface area contributed by atoms with Gasteiger partial charge in [0.2, 0.25) is 0 Å². The second-order valence-electron chi connectivity index (χ2n) is 11.3. The van der Waals surface area contributed by atoms with Gasteiger partial charge in [-0.05, 0) is 46.5 Å². The van der Waals surface area contributed by atoms with E-state index in [1.54, 1.807) is 0 Å². The molecule has 1 N–H and O–H groups in total. The Morgan fingerprint density at radius 3 is 1.61 bits per heavy atom. The van der Waals surface area contributed by atoms with Crippen LogP contribution in [0.4, 0.5) is 4.79 Å². The lowest BCUT2D eigenvalue weighted by Crippen LogP contribution is -2.45. The monoisotopic (exact) mass is 544 g/mol. The number of nitrogens with zero attached hydrogens (tertiary/aromatic N) is 1. The van der Waals surface area contributed by atoms with Gasteiger partial charge < -0.3 is 38.6 Å². The highest BCUT2D eigenvalue weighted by atomic mass is 16.6. The van der Waals surface area contributed by atoms with Gasteiger partial charge in [-0.2, -0.15) is 0 Å². The molecule has 2 fully saturated rings. The van der Waals surface area contributed by atoms with E-state index in [0.29, 0.717) is 72.0 Å². The smallest absolute Gasteiger partial charge is 0.410 e. The molecule has 2 aliphatic carbocycles. The molecule has 2 saturated carbocycles. The summed E-state index contributed by atoms with van der Waals surface area (Å²) in [5.74, 6) is 0. The lowest BCUT2D eigenvalue weighted by molar-refractivity contribution is -0.0167. The molecular weight excluding hydrogens is 488 g/mol. The Morgan fingerprint density at radius 2 is 1.11 bits per heavy atom. The van der Waals surface area contributed by atoms with Crippen LogP contribution >= 0.6 is 0 Å². The number of carbonyl (C=O) groups is 1. The Hall–Kier alpha value is -0.970. The summed E-state index contributed by atoms with van der Waals surface area (Å²) in [6.45, 7) is 12.8. The van der Waals surface area contributed by atoms with Crippen LogP contribution in [0.2, 0.25) is 0 Å². The van der Waals surface area contributed by atoms with Crippen LogP contribution in [0, 0.1) is 0 Å². The molecule has 0 atom stereocenters. The van der Waals surface area contributed by atoms with Gasteiger partial charge in [0.1, 0.15) is 5.60 Å². The number of hydrogen-bond acceptors (Lipinski definition) is 8. The van der Waals surface area contributed by atoms with Crippen molar-refractivity contribution in [2.45, 2.75) is 103 Å². The number of nitrogens with one attached hydrogen (secondary N) is 1. The number of amides is 1. The molecule has 0 aromatic carbocycles. The van der Waals surface area contributed by atoms with Crippen molar-refractivity contribution in [1.29, 1.82) is 0 Å². The summed E-state index contributed by atoms with van der Waals surface area (Å²) < 4.78 is 33.6. The number of rotatable bonds is 20. The normalized spacial score (nSPS) is 17.6. The molecule has 2 rings (SSSR count). The summed E-state index contributed by atoms with van der Waals surface area (Å²) in [6.07, 6.45) is 12.1. The molecule has 9 heteroatoms. The van der Waals surface area contributed by atoms with Crippen molar-refractivity contribution in [1.82, 2.24) is 10.2 Å². The van der Waals surface area contributed by atoms with Gasteiger partial charge >= 0.3 is 6.09 Å². The van der Waals surface area contributed by atoms with Gasteiger partial charge in [0.05, 0.1) is 66.1 Å². The number of hydrogen-bond donors (Lipinski definition) is 1. The van der Waals surface area contributed by atoms with E-state index < -0.39 is 5.60 Å². The average Bonchev–Trinajstić information content (AvgIpc) is 2.90. The zero-order valence-corrected chi connectivity index (χ0v) is 24.5. The summed E-state index contributed by atoms with van der Waals surface area (Å²) in [4.78, 5) is 14.6. The first-order chi connectivity index (χ1) is 18.5. The Balaban J connectivity index is 1.35. The number of carbonyl (C=O) groups excluding carboxylic acids is 1. The molecule has 0 unspecified atom stereocenters. The quantitative estimate of drug-likeness (QED) is 0.223. The van der Waals surface area contributed by atoms with E-state index in [1.807, 2.05) is 25.7 Å². The standard InChI is InChI=1S/C29H56N2O7/c1-29(2,3)38-28(32)31(27-12-8-5-9-13-27)15-17-34-19-21-36-23-25-37-24-22-35-20-18-33-16-14-30-26-10-6-4-7-11-26/h26-27,30H,4-25H2,1-3H3. The van der Waals surface area contributed by atoms with Crippen molar-refractivity contribution in [2.75, 3.05) is 79.2 Å². The van der Waals surface area contributed by atoms with Gasteiger partial charge in [0.15, 0.2) is 0 Å². The van der Waals surface area contributed by atoms with Gasteiger partial charge in [0, 0.05) is 25.2 Å². The summed E-state index contributed by atoms with van der Waals surface area (Å²) >= 11 is 0. The van der Waals surface area contributed by atoms with Gasteiger partial charge in [0.25, 0.3) is 0 Å². The van der Waals surface area contributed by atoms with E-state index >= 15 is 0 Å². The molecule has 0 aliphatic heterocycles. The highest BCUT2D eigenvalue weighted by molar-refractivity contribution is 5.68. The molecule has 38 heavy (non-hydrogen) atoms.